The largest absolute Gasteiger partial charge is 0.481 e. The fourth-order valence-corrected chi connectivity index (χ4v) is 4.59. The summed E-state index contributed by atoms with van der Waals surface area (Å²) < 4.78 is 29.2. The van der Waals surface area contributed by atoms with Crippen molar-refractivity contribution in [3.05, 3.63) is 0 Å². The van der Waals surface area contributed by atoms with E-state index in [2.05, 4.69) is 0 Å². The van der Waals surface area contributed by atoms with Crippen molar-refractivity contribution in [3.63, 3.8) is 0 Å². The number of carbonyl (C=O) groups excluding carboxylic acids is 1. The number of hydrogen-bond acceptors (Lipinski definition) is 5. The quantitative estimate of drug-likeness (QED) is 0.765. The van der Waals surface area contributed by atoms with Gasteiger partial charge in [-0.3, -0.25) is 9.59 Å². The first kappa shape index (κ1) is 15.2. The molecule has 2 fully saturated rings. The van der Waals surface area contributed by atoms with Crippen LogP contribution in [-0.2, 0) is 24.2 Å². The van der Waals surface area contributed by atoms with Gasteiger partial charge in [-0.05, 0) is 12.8 Å². The molecule has 8 heteroatoms. The SMILES string of the molecule is O=C(O)CC1COCCN1C(=O)C1CCCCS1(=O)=O. The number of rotatable bonds is 3. The highest BCUT2D eigenvalue weighted by molar-refractivity contribution is 7.92. The molecule has 114 valence electrons. The van der Waals surface area contributed by atoms with E-state index in [1.54, 1.807) is 0 Å². The maximum absolute atomic E-state index is 12.5. The number of amides is 1. The van der Waals surface area contributed by atoms with E-state index in [0.29, 0.717) is 25.9 Å². The minimum atomic E-state index is -3.40. The van der Waals surface area contributed by atoms with Gasteiger partial charge >= 0.3 is 5.97 Å². The molecule has 2 heterocycles. The number of carboxylic acid groups (broad SMARTS) is 1. The Morgan fingerprint density at radius 2 is 2.05 bits per heavy atom. The lowest BCUT2D eigenvalue weighted by molar-refractivity contribution is -0.146. The summed E-state index contributed by atoms with van der Waals surface area (Å²) in [6, 6.07) is -0.578. The zero-order valence-electron chi connectivity index (χ0n) is 11.2. The third kappa shape index (κ3) is 3.29. The van der Waals surface area contributed by atoms with Gasteiger partial charge in [-0.1, -0.05) is 6.42 Å². The van der Waals surface area contributed by atoms with Crippen LogP contribution in [0.4, 0.5) is 0 Å². The first-order valence-electron chi connectivity index (χ1n) is 6.73. The molecule has 0 spiro atoms. The topological polar surface area (TPSA) is 101 Å². The van der Waals surface area contributed by atoms with E-state index in [9.17, 15) is 18.0 Å². The van der Waals surface area contributed by atoms with E-state index < -0.39 is 33.0 Å². The monoisotopic (exact) mass is 305 g/mol. The number of morpholine rings is 1. The van der Waals surface area contributed by atoms with E-state index >= 15 is 0 Å². The lowest BCUT2D eigenvalue weighted by atomic mass is 10.1. The number of sulfone groups is 1. The van der Waals surface area contributed by atoms with Crippen molar-refractivity contribution in [1.82, 2.24) is 4.90 Å². The Kier molecular flexibility index (Phi) is 4.64. The highest BCUT2D eigenvalue weighted by Gasteiger charge is 2.40. The maximum atomic E-state index is 12.5. The van der Waals surface area contributed by atoms with Crippen LogP contribution < -0.4 is 0 Å². The number of aliphatic carboxylic acids is 1. The van der Waals surface area contributed by atoms with Crippen LogP contribution in [0.25, 0.3) is 0 Å². The molecule has 0 aromatic rings. The highest BCUT2D eigenvalue weighted by Crippen LogP contribution is 2.23. The van der Waals surface area contributed by atoms with Gasteiger partial charge < -0.3 is 14.7 Å². The summed E-state index contributed by atoms with van der Waals surface area (Å²) in [5, 5.41) is 7.86. The van der Waals surface area contributed by atoms with E-state index in [1.165, 1.54) is 4.90 Å². The standard InChI is InChI=1S/C12H19NO6S/c14-11(15)7-9-8-19-5-4-13(9)12(16)10-3-1-2-6-20(10,17)18/h9-10H,1-8H2,(H,14,15). The van der Waals surface area contributed by atoms with E-state index in [0.717, 1.165) is 0 Å². The summed E-state index contributed by atoms with van der Waals surface area (Å²) in [5.41, 5.74) is 0. The van der Waals surface area contributed by atoms with Gasteiger partial charge in [0.25, 0.3) is 0 Å². The van der Waals surface area contributed by atoms with Gasteiger partial charge in [0, 0.05) is 6.54 Å². The minimum Gasteiger partial charge on any atom is -0.481 e. The second-order valence-electron chi connectivity index (χ2n) is 5.21. The molecule has 1 N–H and O–H groups in total. The van der Waals surface area contributed by atoms with Crippen molar-refractivity contribution >= 4 is 21.7 Å². The van der Waals surface area contributed by atoms with Crippen molar-refractivity contribution in [3.8, 4) is 0 Å². The Morgan fingerprint density at radius 1 is 1.30 bits per heavy atom. The minimum absolute atomic E-state index is 0.0390. The maximum Gasteiger partial charge on any atom is 0.305 e. The van der Waals surface area contributed by atoms with Crippen LogP contribution in [0.1, 0.15) is 25.7 Å². The van der Waals surface area contributed by atoms with Crippen molar-refractivity contribution < 1.29 is 27.9 Å². The molecule has 20 heavy (non-hydrogen) atoms. The molecule has 0 aliphatic carbocycles. The highest BCUT2D eigenvalue weighted by atomic mass is 32.2. The van der Waals surface area contributed by atoms with E-state index in [4.69, 9.17) is 9.84 Å². The van der Waals surface area contributed by atoms with E-state index in [-0.39, 0.29) is 25.3 Å². The number of ether oxygens (including phenoxy) is 1. The Hall–Kier alpha value is -1.15. The molecule has 1 amide bonds. The summed E-state index contributed by atoms with van der Waals surface area (Å²) >= 11 is 0. The second-order valence-corrected chi connectivity index (χ2v) is 7.51. The summed E-state index contributed by atoms with van der Waals surface area (Å²) in [5.74, 6) is -1.44. The Bertz CT molecular complexity index is 488. The molecule has 0 radical (unpaired) electrons. The van der Waals surface area contributed by atoms with Crippen LogP contribution in [-0.4, -0.2) is 67.1 Å². The molecule has 0 aromatic carbocycles. The predicted octanol–water partition coefficient (Wildman–Crippen LogP) is -0.344. The molecule has 0 saturated carbocycles. The lowest BCUT2D eigenvalue weighted by Crippen LogP contribution is -2.54. The number of carboxylic acids is 1. The number of hydrogen-bond donors (Lipinski definition) is 1. The van der Waals surface area contributed by atoms with Crippen molar-refractivity contribution in [2.45, 2.75) is 37.0 Å². The molecular formula is C12H19NO6S. The van der Waals surface area contributed by atoms with Crippen LogP contribution in [0.2, 0.25) is 0 Å². The van der Waals surface area contributed by atoms with Gasteiger partial charge in [0.2, 0.25) is 5.91 Å². The predicted molar refractivity (Wildman–Crippen MR) is 70.0 cm³/mol. The van der Waals surface area contributed by atoms with Crippen LogP contribution in [0.5, 0.6) is 0 Å². The van der Waals surface area contributed by atoms with Crippen LogP contribution >= 0.6 is 0 Å². The van der Waals surface area contributed by atoms with Crippen LogP contribution in [0.3, 0.4) is 0 Å². The number of nitrogens with zero attached hydrogens (tertiary/aromatic N) is 1. The summed E-state index contributed by atoms with van der Waals surface area (Å²) in [4.78, 5) is 24.7. The van der Waals surface area contributed by atoms with Gasteiger partial charge in [0.1, 0.15) is 5.25 Å². The first-order chi connectivity index (χ1) is 9.42. The van der Waals surface area contributed by atoms with Crippen molar-refractivity contribution in [2.24, 2.45) is 0 Å². The molecule has 2 aliphatic heterocycles. The fraction of sp³-hybridized carbons (Fsp3) is 0.833. The van der Waals surface area contributed by atoms with Crippen molar-refractivity contribution in [1.29, 1.82) is 0 Å². The Labute approximate surface area is 117 Å². The molecule has 0 aromatic heterocycles. The molecule has 2 unspecified atom stereocenters. The zero-order chi connectivity index (χ0) is 14.8. The molecule has 7 nitrogen and oxygen atoms in total. The second kappa shape index (κ2) is 6.09. The summed E-state index contributed by atoms with van der Waals surface area (Å²) in [7, 11) is -3.40. The van der Waals surface area contributed by atoms with Gasteiger partial charge in [0.05, 0.1) is 31.4 Å². The summed E-state index contributed by atoms with van der Waals surface area (Å²) in [6.07, 6.45) is 1.41. The lowest BCUT2D eigenvalue weighted by Gasteiger charge is -2.37. The average Bonchev–Trinajstić information content (AvgIpc) is 2.37. The molecule has 2 saturated heterocycles. The first-order valence-corrected chi connectivity index (χ1v) is 8.45. The third-order valence-corrected chi connectivity index (χ3v) is 5.94. The third-order valence-electron chi connectivity index (χ3n) is 3.77. The number of carbonyl (C=O) groups is 2. The molecular weight excluding hydrogens is 286 g/mol. The fourth-order valence-electron chi connectivity index (χ4n) is 2.73. The summed E-state index contributed by atoms with van der Waals surface area (Å²) in [6.45, 7) is 0.711. The van der Waals surface area contributed by atoms with Crippen molar-refractivity contribution in [2.75, 3.05) is 25.5 Å². The normalized spacial score (nSPS) is 29.9. The van der Waals surface area contributed by atoms with Gasteiger partial charge in [-0.2, -0.15) is 0 Å². The van der Waals surface area contributed by atoms with Crippen LogP contribution in [0, 0.1) is 0 Å². The van der Waals surface area contributed by atoms with Gasteiger partial charge in [-0.25, -0.2) is 8.42 Å². The van der Waals surface area contributed by atoms with Gasteiger partial charge in [-0.15, -0.1) is 0 Å². The molecule has 2 atom stereocenters. The molecule has 2 aliphatic rings. The Morgan fingerprint density at radius 3 is 2.70 bits per heavy atom. The van der Waals surface area contributed by atoms with Gasteiger partial charge in [0.15, 0.2) is 9.84 Å². The Balaban J connectivity index is 2.14. The van der Waals surface area contributed by atoms with Crippen LogP contribution in [0.15, 0.2) is 0 Å². The molecule has 2 rings (SSSR count). The average molecular weight is 305 g/mol. The smallest absolute Gasteiger partial charge is 0.305 e. The van der Waals surface area contributed by atoms with E-state index in [1.807, 2.05) is 0 Å². The molecule has 0 bridgehead atoms. The zero-order valence-corrected chi connectivity index (χ0v) is 12.0.